The van der Waals surface area contributed by atoms with Gasteiger partial charge in [0.05, 0.1) is 5.69 Å². The predicted molar refractivity (Wildman–Crippen MR) is 89.7 cm³/mol. The van der Waals surface area contributed by atoms with E-state index in [1.165, 1.54) is 0 Å². The molecule has 3 aromatic rings. The first-order chi connectivity index (χ1) is 11.6. The molecule has 1 aromatic heterocycles. The third-order valence-electron chi connectivity index (χ3n) is 3.56. The Labute approximate surface area is 138 Å². The summed E-state index contributed by atoms with van der Waals surface area (Å²) in [5, 5.41) is 6.96. The van der Waals surface area contributed by atoms with Crippen molar-refractivity contribution in [1.29, 1.82) is 0 Å². The maximum atomic E-state index is 12.2. The first-order valence-corrected chi connectivity index (χ1v) is 7.40. The van der Waals surface area contributed by atoms with Crippen LogP contribution in [0, 0.1) is 0 Å². The molecular formula is C18H16N4O2. The number of primary amides is 1. The van der Waals surface area contributed by atoms with Gasteiger partial charge in [0.15, 0.2) is 0 Å². The summed E-state index contributed by atoms with van der Waals surface area (Å²) in [6.07, 6.45) is 3.53. The number of amides is 2. The molecule has 0 bridgehead atoms. The third-order valence-corrected chi connectivity index (χ3v) is 3.56. The van der Waals surface area contributed by atoms with Gasteiger partial charge >= 0.3 is 0 Å². The van der Waals surface area contributed by atoms with Crippen LogP contribution in [0.1, 0.15) is 26.3 Å². The highest BCUT2D eigenvalue weighted by Crippen LogP contribution is 2.09. The fraction of sp³-hybridized carbons (Fsp3) is 0.0556. The highest BCUT2D eigenvalue weighted by atomic mass is 16.2. The van der Waals surface area contributed by atoms with E-state index in [0.717, 1.165) is 11.3 Å². The van der Waals surface area contributed by atoms with Crippen LogP contribution in [0.25, 0.3) is 5.69 Å². The zero-order valence-corrected chi connectivity index (χ0v) is 12.8. The second-order valence-corrected chi connectivity index (χ2v) is 5.24. The van der Waals surface area contributed by atoms with E-state index in [2.05, 4.69) is 10.4 Å². The van der Waals surface area contributed by atoms with E-state index in [9.17, 15) is 9.59 Å². The van der Waals surface area contributed by atoms with E-state index < -0.39 is 5.91 Å². The lowest BCUT2D eigenvalue weighted by molar-refractivity contribution is 0.0950. The van der Waals surface area contributed by atoms with Crippen molar-refractivity contribution >= 4 is 11.8 Å². The molecule has 0 fully saturated rings. The van der Waals surface area contributed by atoms with Crippen LogP contribution in [0.5, 0.6) is 0 Å². The van der Waals surface area contributed by atoms with E-state index in [-0.39, 0.29) is 5.91 Å². The number of hydrogen-bond donors (Lipinski definition) is 2. The van der Waals surface area contributed by atoms with Crippen LogP contribution in [0.3, 0.4) is 0 Å². The first-order valence-electron chi connectivity index (χ1n) is 7.40. The molecule has 6 heteroatoms. The number of hydrogen-bond acceptors (Lipinski definition) is 3. The zero-order valence-electron chi connectivity index (χ0n) is 12.8. The van der Waals surface area contributed by atoms with Crippen molar-refractivity contribution in [2.45, 2.75) is 6.54 Å². The Bertz CT molecular complexity index is 855. The zero-order chi connectivity index (χ0) is 16.9. The molecule has 0 aliphatic heterocycles. The standard InChI is InChI=1S/C18H16N4O2/c19-17(23)15-4-1-3-13(11-15)12-20-18(24)14-5-7-16(8-6-14)22-10-2-9-21-22/h1-11H,12H2,(H2,19,23)(H,20,24). The number of rotatable bonds is 5. The quantitative estimate of drug-likeness (QED) is 0.752. The largest absolute Gasteiger partial charge is 0.366 e. The van der Waals surface area contributed by atoms with Gasteiger partial charge in [-0.25, -0.2) is 4.68 Å². The third kappa shape index (κ3) is 3.49. The number of benzene rings is 2. The van der Waals surface area contributed by atoms with Crippen LogP contribution in [-0.2, 0) is 6.54 Å². The number of carbonyl (C=O) groups excluding carboxylic acids is 2. The minimum Gasteiger partial charge on any atom is -0.366 e. The van der Waals surface area contributed by atoms with Crippen molar-refractivity contribution in [1.82, 2.24) is 15.1 Å². The average molecular weight is 320 g/mol. The van der Waals surface area contributed by atoms with Crippen molar-refractivity contribution in [3.05, 3.63) is 83.7 Å². The molecule has 0 saturated carbocycles. The Hall–Kier alpha value is -3.41. The van der Waals surface area contributed by atoms with Crippen LogP contribution in [0.15, 0.2) is 67.0 Å². The number of aromatic nitrogens is 2. The van der Waals surface area contributed by atoms with Crippen molar-refractivity contribution in [2.75, 3.05) is 0 Å². The van der Waals surface area contributed by atoms with Gasteiger partial charge < -0.3 is 11.1 Å². The van der Waals surface area contributed by atoms with Gasteiger partial charge in [0, 0.05) is 30.1 Å². The SMILES string of the molecule is NC(=O)c1cccc(CNC(=O)c2ccc(-n3cccn3)cc2)c1. The topological polar surface area (TPSA) is 90.0 Å². The molecule has 3 rings (SSSR count). The van der Waals surface area contributed by atoms with Gasteiger partial charge in [0.2, 0.25) is 5.91 Å². The highest BCUT2D eigenvalue weighted by Gasteiger charge is 2.07. The van der Waals surface area contributed by atoms with Crippen LogP contribution < -0.4 is 11.1 Å². The summed E-state index contributed by atoms with van der Waals surface area (Å²) >= 11 is 0. The number of nitrogens with one attached hydrogen (secondary N) is 1. The van der Waals surface area contributed by atoms with Crippen molar-refractivity contribution < 1.29 is 9.59 Å². The van der Waals surface area contributed by atoms with Crippen molar-refractivity contribution in [3.63, 3.8) is 0 Å². The molecule has 0 spiro atoms. The van der Waals surface area contributed by atoms with Crippen molar-refractivity contribution in [2.24, 2.45) is 5.73 Å². The molecular weight excluding hydrogens is 304 g/mol. The van der Waals surface area contributed by atoms with E-state index in [0.29, 0.717) is 17.7 Å². The Balaban J connectivity index is 1.65. The van der Waals surface area contributed by atoms with Gasteiger partial charge in [-0.3, -0.25) is 9.59 Å². The Morgan fingerprint density at radius 3 is 2.50 bits per heavy atom. The molecule has 0 unspecified atom stereocenters. The monoisotopic (exact) mass is 320 g/mol. The predicted octanol–water partition coefficient (Wildman–Crippen LogP) is 1.90. The molecule has 0 atom stereocenters. The minimum absolute atomic E-state index is 0.188. The lowest BCUT2D eigenvalue weighted by atomic mass is 10.1. The van der Waals surface area contributed by atoms with E-state index >= 15 is 0 Å². The van der Waals surface area contributed by atoms with Crippen molar-refractivity contribution in [3.8, 4) is 5.69 Å². The highest BCUT2D eigenvalue weighted by molar-refractivity contribution is 5.94. The summed E-state index contributed by atoms with van der Waals surface area (Å²) in [5.41, 5.74) is 7.92. The molecule has 120 valence electrons. The molecule has 24 heavy (non-hydrogen) atoms. The normalized spacial score (nSPS) is 10.3. The summed E-state index contributed by atoms with van der Waals surface area (Å²) in [6.45, 7) is 0.320. The fourth-order valence-corrected chi connectivity index (χ4v) is 2.31. The summed E-state index contributed by atoms with van der Waals surface area (Å²) < 4.78 is 1.72. The summed E-state index contributed by atoms with van der Waals surface area (Å²) in [4.78, 5) is 23.4. The molecule has 0 aliphatic rings. The van der Waals surface area contributed by atoms with Gasteiger partial charge in [0.25, 0.3) is 5.91 Å². The molecule has 3 N–H and O–H groups in total. The van der Waals surface area contributed by atoms with Crippen LogP contribution in [0.4, 0.5) is 0 Å². The molecule has 2 aromatic carbocycles. The lowest BCUT2D eigenvalue weighted by Crippen LogP contribution is -2.23. The summed E-state index contributed by atoms with van der Waals surface area (Å²) in [7, 11) is 0. The fourth-order valence-electron chi connectivity index (χ4n) is 2.31. The second kappa shape index (κ2) is 6.78. The van der Waals surface area contributed by atoms with Gasteiger partial charge in [-0.05, 0) is 48.0 Å². The van der Waals surface area contributed by atoms with Crippen LogP contribution >= 0.6 is 0 Å². The van der Waals surface area contributed by atoms with Gasteiger partial charge in [-0.15, -0.1) is 0 Å². The minimum atomic E-state index is -0.489. The summed E-state index contributed by atoms with van der Waals surface area (Å²) in [5.74, 6) is -0.677. The van der Waals surface area contributed by atoms with Gasteiger partial charge in [0.1, 0.15) is 0 Å². The lowest BCUT2D eigenvalue weighted by Gasteiger charge is -2.07. The Morgan fingerprint density at radius 1 is 1.04 bits per heavy atom. The van der Waals surface area contributed by atoms with E-state index in [4.69, 9.17) is 5.73 Å². The molecule has 0 aliphatic carbocycles. The van der Waals surface area contributed by atoms with E-state index in [1.807, 2.05) is 30.5 Å². The number of nitrogens with zero attached hydrogens (tertiary/aromatic N) is 2. The second-order valence-electron chi connectivity index (χ2n) is 5.24. The Kier molecular flexibility index (Phi) is 4.38. The van der Waals surface area contributed by atoms with Gasteiger partial charge in [-0.1, -0.05) is 12.1 Å². The van der Waals surface area contributed by atoms with Crippen LogP contribution in [-0.4, -0.2) is 21.6 Å². The molecule has 2 amide bonds. The summed E-state index contributed by atoms with van der Waals surface area (Å²) in [6, 6.07) is 15.9. The number of nitrogens with two attached hydrogens (primary N) is 1. The van der Waals surface area contributed by atoms with Crippen LogP contribution in [0.2, 0.25) is 0 Å². The molecule has 0 saturated heterocycles. The molecule has 6 nitrogen and oxygen atoms in total. The molecule has 1 heterocycles. The average Bonchev–Trinajstić information content (AvgIpc) is 3.14. The maximum Gasteiger partial charge on any atom is 0.251 e. The van der Waals surface area contributed by atoms with E-state index in [1.54, 1.807) is 41.2 Å². The Morgan fingerprint density at radius 2 is 1.83 bits per heavy atom. The van der Waals surface area contributed by atoms with Gasteiger partial charge in [-0.2, -0.15) is 5.10 Å². The molecule has 0 radical (unpaired) electrons. The number of carbonyl (C=O) groups is 2. The smallest absolute Gasteiger partial charge is 0.251 e. The maximum absolute atomic E-state index is 12.2. The first kappa shape index (κ1) is 15.5.